The third kappa shape index (κ3) is 3.19. The Labute approximate surface area is 119 Å². The molecule has 0 unspecified atom stereocenters. The average molecular weight is 320 g/mol. The van der Waals surface area contributed by atoms with E-state index in [4.69, 9.17) is 16.9 Å². The van der Waals surface area contributed by atoms with Crippen molar-refractivity contribution in [3.8, 4) is 6.07 Å². The molecule has 0 aromatic heterocycles. The van der Waals surface area contributed by atoms with Gasteiger partial charge in [0.2, 0.25) is 0 Å². The zero-order valence-corrected chi connectivity index (χ0v) is 11.6. The molecule has 0 radical (unpaired) electrons. The SMILES string of the molecule is N#CC(=Nc1ccc(Br)cc1)c1ccc(Cl)cc1. The minimum Gasteiger partial charge on any atom is -0.237 e. The molecule has 2 rings (SSSR count). The van der Waals surface area contributed by atoms with E-state index in [1.54, 1.807) is 24.3 Å². The van der Waals surface area contributed by atoms with E-state index >= 15 is 0 Å². The summed E-state index contributed by atoms with van der Waals surface area (Å²) in [7, 11) is 0. The van der Waals surface area contributed by atoms with Crippen molar-refractivity contribution in [2.45, 2.75) is 0 Å². The predicted molar refractivity (Wildman–Crippen MR) is 77.4 cm³/mol. The normalized spacial score (nSPS) is 11.1. The van der Waals surface area contributed by atoms with Crippen molar-refractivity contribution in [1.82, 2.24) is 0 Å². The second-order valence-electron chi connectivity index (χ2n) is 3.56. The van der Waals surface area contributed by atoms with Crippen LogP contribution in [0.3, 0.4) is 0 Å². The highest BCUT2D eigenvalue weighted by atomic mass is 79.9. The summed E-state index contributed by atoms with van der Waals surface area (Å²) in [6.45, 7) is 0. The monoisotopic (exact) mass is 318 g/mol. The standard InChI is InChI=1S/C14H8BrClN2/c15-11-3-7-13(8-4-11)18-14(9-17)10-1-5-12(16)6-2-10/h1-8H. The van der Waals surface area contributed by atoms with Crippen molar-refractivity contribution in [1.29, 1.82) is 5.26 Å². The smallest absolute Gasteiger partial charge is 0.148 e. The molecule has 2 aromatic rings. The molecule has 2 aromatic carbocycles. The lowest BCUT2D eigenvalue weighted by molar-refractivity contribution is 1.47. The Morgan fingerprint density at radius 3 is 2.22 bits per heavy atom. The topological polar surface area (TPSA) is 36.1 Å². The third-order valence-electron chi connectivity index (χ3n) is 2.29. The van der Waals surface area contributed by atoms with Gasteiger partial charge in [-0.05, 0) is 36.4 Å². The highest BCUT2D eigenvalue weighted by molar-refractivity contribution is 9.10. The maximum atomic E-state index is 9.14. The predicted octanol–water partition coefficient (Wildman–Crippen LogP) is 4.75. The first-order valence-corrected chi connectivity index (χ1v) is 6.36. The average Bonchev–Trinajstić information content (AvgIpc) is 2.39. The molecule has 0 aliphatic rings. The van der Waals surface area contributed by atoms with Crippen LogP contribution in [0.25, 0.3) is 0 Å². The van der Waals surface area contributed by atoms with Gasteiger partial charge in [0.1, 0.15) is 11.8 Å². The Bertz CT molecular complexity index is 610. The van der Waals surface area contributed by atoms with Crippen LogP contribution in [-0.2, 0) is 0 Å². The van der Waals surface area contributed by atoms with Gasteiger partial charge in [-0.3, -0.25) is 0 Å². The molecule has 0 heterocycles. The van der Waals surface area contributed by atoms with Gasteiger partial charge in [0.25, 0.3) is 0 Å². The van der Waals surface area contributed by atoms with Gasteiger partial charge < -0.3 is 0 Å². The van der Waals surface area contributed by atoms with Gasteiger partial charge in [0, 0.05) is 15.1 Å². The molecule has 88 valence electrons. The Morgan fingerprint density at radius 2 is 1.67 bits per heavy atom. The van der Waals surface area contributed by atoms with E-state index in [2.05, 4.69) is 27.0 Å². The number of hydrogen-bond donors (Lipinski definition) is 0. The van der Waals surface area contributed by atoms with Gasteiger partial charge in [-0.25, -0.2) is 4.99 Å². The van der Waals surface area contributed by atoms with Crippen molar-refractivity contribution >= 4 is 38.9 Å². The summed E-state index contributed by atoms with van der Waals surface area (Å²) in [6.07, 6.45) is 0. The second kappa shape index (κ2) is 5.81. The van der Waals surface area contributed by atoms with Gasteiger partial charge >= 0.3 is 0 Å². The Balaban J connectivity index is 2.37. The Hall–Kier alpha value is -1.63. The lowest BCUT2D eigenvalue weighted by Crippen LogP contribution is -1.95. The number of nitrogens with zero attached hydrogens (tertiary/aromatic N) is 2. The summed E-state index contributed by atoms with van der Waals surface area (Å²) in [6, 6.07) is 16.6. The Morgan fingerprint density at radius 1 is 1.06 bits per heavy atom. The third-order valence-corrected chi connectivity index (χ3v) is 3.07. The van der Waals surface area contributed by atoms with E-state index in [9.17, 15) is 0 Å². The minimum absolute atomic E-state index is 0.369. The molecule has 0 aliphatic heterocycles. The molecule has 18 heavy (non-hydrogen) atoms. The quantitative estimate of drug-likeness (QED) is 0.736. The van der Waals surface area contributed by atoms with Crippen LogP contribution in [0.4, 0.5) is 5.69 Å². The summed E-state index contributed by atoms with van der Waals surface area (Å²) < 4.78 is 0.978. The van der Waals surface area contributed by atoms with E-state index in [1.165, 1.54) is 0 Å². The lowest BCUT2D eigenvalue weighted by Gasteiger charge is -1.99. The van der Waals surface area contributed by atoms with Gasteiger partial charge in [0.05, 0.1) is 5.69 Å². The van der Waals surface area contributed by atoms with Crippen molar-refractivity contribution in [2.24, 2.45) is 4.99 Å². The van der Waals surface area contributed by atoms with Crippen LogP contribution < -0.4 is 0 Å². The van der Waals surface area contributed by atoms with Crippen molar-refractivity contribution in [3.63, 3.8) is 0 Å². The van der Waals surface area contributed by atoms with Gasteiger partial charge in [-0.1, -0.05) is 39.7 Å². The van der Waals surface area contributed by atoms with E-state index < -0.39 is 0 Å². The zero-order valence-electron chi connectivity index (χ0n) is 9.27. The van der Waals surface area contributed by atoms with E-state index in [1.807, 2.05) is 24.3 Å². The summed E-state index contributed by atoms with van der Waals surface area (Å²) in [4.78, 5) is 4.31. The number of hydrogen-bond acceptors (Lipinski definition) is 2. The van der Waals surface area contributed by atoms with Gasteiger partial charge in [0.15, 0.2) is 0 Å². The molecule has 0 fully saturated rings. The first-order valence-electron chi connectivity index (χ1n) is 5.19. The molecular weight excluding hydrogens is 312 g/mol. The van der Waals surface area contributed by atoms with Crippen LogP contribution in [0, 0.1) is 11.3 Å². The van der Waals surface area contributed by atoms with Crippen LogP contribution in [0.1, 0.15) is 5.56 Å². The number of aliphatic imine (C=N–C) groups is 1. The molecule has 0 atom stereocenters. The summed E-state index contributed by atoms with van der Waals surface area (Å²) in [5.74, 6) is 0. The molecule has 4 heteroatoms. The molecule has 0 saturated heterocycles. The maximum absolute atomic E-state index is 9.14. The van der Waals surface area contributed by atoms with E-state index in [0.29, 0.717) is 10.7 Å². The number of nitriles is 1. The van der Waals surface area contributed by atoms with Crippen molar-refractivity contribution in [2.75, 3.05) is 0 Å². The largest absolute Gasteiger partial charge is 0.237 e. The van der Waals surface area contributed by atoms with Crippen molar-refractivity contribution in [3.05, 3.63) is 63.6 Å². The molecule has 0 amide bonds. The minimum atomic E-state index is 0.369. The Kier molecular flexibility index (Phi) is 4.14. The van der Waals surface area contributed by atoms with Crippen molar-refractivity contribution < 1.29 is 0 Å². The van der Waals surface area contributed by atoms with E-state index in [-0.39, 0.29) is 0 Å². The summed E-state index contributed by atoms with van der Waals surface area (Å²) in [5, 5.41) is 9.78. The lowest BCUT2D eigenvalue weighted by atomic mass is 10.1. The molecule has 0 bridgehead atoms. The summed E-state index contributed by atoms with van der Waals surface area (Å²) in [5.41, 5.74) is 1.86. The highest BCUT2D eigenvalue weighted by Gasteiger charge is 2.02. The molecule has 0 N–H and O–H groups in total. The fraction of sp³-hybridized carbons (Fsp3) is 0. The van der Waals surface area contributed by atoms with Crippen LogP contribution in [0.15, 0.2) is 58.0 Å². The first-order chi connectivity index (χ1) is 8.69. The zero-order chi connectivity index (χ0) is 13.0. The highest BCUT2D eigenvalue weighted by Crippen LogP contribution is 2.18. The number of benzene rings is 2. The van der Waals surface area contributed by atoms with Gasteiger partial charge in [-0.15, -0.1) is 0 Å². The van der Waals surface area contributed by atoms with Crippen LogP contribution in [0.5, 0.6) is 0 Å². The van der Waals surface area contributed by atoms with Crippen LogP contribution in [0.2, 0.25) is 5.02 Å². The maximum Gasteiger partial charge on any atom is 0.148 e. The molecule has 0 aliphatic carbocycles. The number of rotatable bonds is 2. The molecule has 0 saturated carbocycles. The fourth-order valence-corrected chi connectivity index (χ4v) is 1.80. The van der Waals surface area contributed by atoms with Crippen LogP contribution >= 0.6 is 27.5 Å². The molecule has 2 nitrogen and oxygen atoms in total. The van der Waals surface area contributed by atoms with E-state index in [0.717, 1.165) is 15.7 Å². The molecule has 0 spiro atoms. The second-order valence-corrected chi connectivity index (χ2v) is 4.91. The first kappa shape index (κ1) is 12.8. The molecular formula is C14H8BrClN2. The van der Waals surface area contributed by atoms with Gasteiger partial charge in [-0.2, -0.15) is 5.26 Å². The summed E-state index contributed by atoms with van der Waals surface area (Å²) >= 11 is 9.16. The number of halogens is 2. The van der Waals surface area contributed by atoms with Crippen LogP contribution in [-0.4, -0.2) is 5.71 Å². The fourth-order valence-electron chi connectivity index (χ4n) is 1.41.